The first-order valence-corrected chi connectivity index (χ1v) is 7.75. The lowest BCUT2D eigenvalue weighted by molar-refractivity contribution is 0.582. The number of benzene rings is 2. The van der Waals surface area contributed by atoms with Crippen LogP contribution in [0.1, 0.15) is 24.4 Å². The summed E-state index contributed by atoms with van der Waals surface area (Å²) in [5.41, 5.74) is 0.853. The van der Waals surface area contributed by atoms with E-state index >= 15 is 0 Å². The molecule has 0 bridgehead atoms. The van der Waals surface area contributed by atoms with Gasteiger partial charge in [-0.2, -0.15) is 0 Å². The quantitative estimate of drug-likeness (QED) is 0.697. The highest BCUT2D eigenvalue weighted by molar-refractivity contribution is 7.89. The Bertz CT molecular complexity index is 964. The molecule has 0 radical (unpaired) electrons. The van der Waals surface area contributed by atoms with Crippen LogP contribution >= 0.6 is 0 Å². The van der Waals surface area contributed by atoms with Crippen molar-refractivity contribution in [2.75, 3.05) is 6.54 Å². The number of rotatable bonds is 4. The van der Waals surface area contributed by atoms with Crippen molar-refractivity contribution in [3.05, 3.63) is 65.6 Å². The van der Waals surface area contributed by atoms with Gasteiger partial charge in [0, 0.05) is 18.5 Å². The van der Waals surface area contributed by atoms with Crippen LogP contribution < -0.4 is 4.72 Å². The average Bonchev–Trinajstić information content (AvgIpc) is 2.61. The van der Waals surface area contributed by atoms with Crippen LogP contribution in [0.5, 0.6) is 0 Å². The van der Waals surface area contributed by atoms with Crippen LogP contribution in [-0.2, 0) is 10.0 Å². The van der Waals surface area contributed by atoms with E-state index in [9.17, 15) is 8.42 Å². The second-order valence-corrected chi connectivity index (χ2v) is 6.03. The molecule has 1 N–H and O–H groups in total. The Morgan fingerprint density at radius 2 is 1.81 bits per heavy atom. The van der Waals surface area contributed by atoms with Crippen LogP contribution in [0, 0.1) is 18.8 Å². The molecule has 0 saturated carbocycles. The standard InChI is InChI=1S/C17H17NO2S/c1-15-10-12-17(13-11-15)21(19,20)18-14-6-5-9-16-7-3-2-4-8-16/h2-4,7-8,10-13,18H,6,14H2,1H3/i2D,3D,4D,7D,8D. The van der Waals surface area contributed by atoms with Gasteiger partial charge in [0.15, 0.2) is 0 Å². The number of aryl methyl sites for hydroxylation is 1. The van der Waals surface area contributed by atoms with Crippen molar-refractivity contribution >= 4 is 10.0 Å². The minimum atomic E-state index is -3.63. The van der Waals surface area contributed by atoms with E-state index < -0.39 is 28.2 Å². The van der Waals surface area contributed by atoms with E-state index in [4.69, 9.17) is 6.85 Å². The molecule has 0 spiro atoms. The van der Waals surface area contributed by atoms with Crippen LogP contribution in [0.25, 0.3) is 0 Å². The van der Waals surface area contributed by atoms with Crippen molar-refractivity contribution < 1.29 is 15.3 Å². The topological polar surface area (TPSA) is 46.2 Å². The molecule has 0 saturated heterocycles. The van der Waals surface area contributed by atoms with Gasteiger partial charge >= 0.3 is 0 Å². The summed E-state index contributed by atoms with van der Waals surface area (Å²) in [7, 11) is -3.63. The Labute approximate surface area is 133 Å². The Balaban J connectivity index is 2.07. The molecule has 0 aliphatic carbocycles. The third-order valence-electron chi connectivity index (χ3n) is 2.59. The maximum Gasteiger partial charge on any atom is 0.240 e. The summed E-state index contributed by atoms with van der Waals surface area (Å²) in [6.07, 6.45) is 0.132. The summed E-state index contributed by atoms with van der Waals surface area (Å²) in [5, 5.41) is 0. The zero-order valence-corrected chi connectivity index (χ0v) is 12.3. The fraction of sp³-hybridized carbons (Fsp3) is 0.176. The molecule has 108 valence electrons. The van der Waals surface area contributed by atoms with Gasteiger partial charge in [0.25, 0.3) is 0 Å². The van der Waals surface area contributed by atoms with E-state index in [0.29, 0.717) is 0 Å². The van der Waals surface area contributed by atoms with Gasteiger partial charge in [-0.05, 0) is 31.1 Å². The van der Waals surface area contributed by atoms with Crippen LogP contribution in [0.3, 0.4) is 0 Å². The normalized spacial score (nSPS) is 14.0. The van der Waals surface area contributed by atoms with Gasteiger partial charge in [0.05, 0.1) is 11.7 Å². The van der Waals surface area contributed by atoms with Gasteiger partial charge in [0.1, 0.15) is 0 Å². The molecule has 2 aromatic rings. The molecule has 4 heteroatoms. The van der Waals surface area contributed by atoms with E-state index in [2.05, 4.69) is 16.6 Å². The highest BCUT2D eigenvalue weighted by Gasteiger charge is 2.11. The molecular weight excluding hydrogens is 282 g/mol. The Morgan fingerprint density at radius 1 is 1.14 bits per heavy atom. The molecule has 0 aliphatic heterocycles. The van der Waals surface area contributed by atoms with Gasteiger partial charge in [0.2, 0.25) is 10.0 Å². The fourth-order valence-corrected chi connectivity index (χ4v) is 2.54. The maximum atomic E-state index is 12.1. The smallest absolute Gasteiger partial charge is 0.210 e. The zero-order chi connectivity index (χ0) is 19.5. The first-order chi connectivity index (χ1) is 12.1. The second-order valence-electron chi connectivity index (χ2n) is 4.26. The first-order valence-electron chi connectivity index (χ1n) is 8.77. The molecule has 0 aromatic heterocycles. The predicted octanol–water partition coefficient (Wildman–Crippen LogP) is 2.72. The molecule has 0 fully saturated rings. The summed E-state index contributed by atoms with van der Waals surface area (Å²) in [5.74, 6) is 5.19. The predicted molar refractivity (Wildman–Crippen MR) is 84.3 cm³/mol. The molecule has 0 atom stereocenters. The van der Waals surface area contributed by atoms with Gasteiger partial charge < -0.3 is 0 Å². The number of hydrogen-bond acceptors (Lipinski definition) is 2. The van der Waals surface area contributed by atoms with E-state index in [1.807, 2.05) is 6.92 Å². The lowest BCUT2D eigenvalue weighted by Crippen LogP contribution is -2.24. The minimum absolute atomic E-state index is 0.0435. The van der Waals surface area contributed by atoms with Crippen molar-refractivity contribution in [3.63, 3.8) is 0 Å². The zero-order valence-electron chi connectivity index (χ0n) is 16.4. The van der Waals surface area contributed by atoms with Crippen molar-refractivity contribution in [3.8, 4) is 11.8 Å². The minimum Gasteiger partial charge on any atom is -0.210 e. The molecule has 0 aliphatic rings. The summed E-state index contributed by atoms with van der Waals surface area (Å²) < 4.78 is 64.8. The monoisotopic (exact) mass is 304 g/mol. The van der Waals surface area contributed by atoms with Gasteiger partial charge in [-0.25, -0.2) is 13.1 Å². The van der Waals surface area contributed by atoms with Gasteiger partial charge in [-0.15, -0.1) is 0 Å². The highest BCUT2D eigenvalue weighted by Crippen LogP contribution is 2.09. The maximum absolute atomic E-state index is 12.1. The Hall–Kier alpha value is -2.09. The lowest BCUT2D eigenvalue weighted by atomic mass is 10.2. The summed E-state index contributed by atoms with van der Waals surface area (Å²) in [4.78, 5) is 0.154. The SMILES string of the molecule is [2H]c1c([2H])c([2H])c(C#CCCNS(=O)(=O)c2ccc(C)cc2)c([2H])c1[2H]. The van der Waals surface area contributed by atoms with Crippen molar-refractivity contribution in [2.24, 2.45) is 0 Å². The largest absolute Gasteiger partial charge is 0.240 e. The van der Waals surface area contributed by atoms with E-state index in [1.165, 1.54) is 12.1 Å². The average molecular weight is 304 g/mol. The molecular formula is C17H17NO2S. The summed E-state index contributed by atoms with van der Waals surface area (Å²) >= 11 is 0. The van der Waals surface area contributed by atoms with Crippen LogP contribution in [0.15, 0.2) is 59.4 Å². The molecule has 2 aromatic carbocycles. The molecule has 3 nitrogen and oxygen atoms in total. The number of hydrogen-bond donors (Lipinski definition) is 1. The van der Waals surface area contributed by atoms with Crippen LogP contribution in [0.2, 0.25) is 0 Å². The molecule has 0 amide bonds. The van der Waals surface area contributed by atoms with E-state index in [0.717, 1.165) is 5.56 Å². The van der Waals surface area contributed by atoms with Crippen molar-refractivity contribution in [1.82, 2.24) is 4.72 Å². The highest BCUT2D eigenvalue weighted by atomic mass is 32.2. The molecule has 0 heterocycles. The van der Waals surface area contributed by atoms with E-state index in [1.54, 1.807) is 12.1 Å². The second kappa shape index (κ2) is 7.07. The van der Waals surface area contributed by atoms with Gasteiger partial charge in [-0.3, -0.25) is 0 Å². The third-order valence-corrected chi connectivity index (χ3v) is 4.06. The molecule has 2 rings (SSSR count). The van der Waals surface area contributed by atoms with Gasteiger partial charge in [-0.1, -0.05) is 47.7 Å². The van der Waals surface area contributed by atoms with Crippen LogP contribution in [0.4, 0.5) is 0 Å². The molecule has 0 unspecified atom stereocenters. The van der Waals surface area contributed by atoms with E-state index in [-0.39, 0.29) is 35.5 Å². The lowest BCUT2D eigenvalue weighted by Gasteiger charge is -2.05. The summed E-state index contributed by atoms with van der Waals surface area (Å²) in [6, 6.07) is 4.31. The first kappa shape index (κ1) is 9.78. The van der Waals surface area contributed by atoms with Crippen LogP contribution in [-0.4, -0.2) is 15.0 Å². The fourth-order valence-electron chi connectivity index (χ4n) is 1.51. The third kappa shape index (κ3) is 4.75. The van der Waals surface area contributed by atoms with Crippen molar-refractivity contribution in [1.29, 1.82) is 0 Å². The number of nitrogens with one attached hydrogen (secondary N) is 1. The summed E-state index contributed by atoms with van der Waals surface area (Å²) in [6.45, 7) is 1.90. The Kier molecular flexibility index (Phi) is 3.29. The van der Waals surface area contributed by atoms with Crippen molar-refractivity contribution in [2.45, 2.75) is 18.2 Å². The number of sulfonamides is 1. The Morgan fingerprint density at radius 3 is 2.48 bits per heavy atom. The molecule has 21 heavy (non-hydrogen) atoms.